The molecule has 0 unspecified atom stereocenters. The van der Waals surface area contributed by atoms with Gasteiger partial charge in [-0.1, -0.05) is 31.4 Å². The number of esters is 1. The number of carbonyl (C=O) groups is 2. The Bertz CT molecular complexity index is 877. The molecule has 0 saturated heterocycles. The average molecular weight is 394 g/mol. The highest BCUT2D eigenvalue weighted by Gasteiger charge is 2.22. The lowest BCUT2D eigenvalue weighted by Crippen LogP contribution is -2.22. The number of hydrogen-bond donors (Lipinski definition) is 0. The molecule has 0 aromatic heterocycles. The van der Waals surface area contributed by atoms with E-state index in [0.29, 0.717) is 22.8 Å². The highest BCUT2D eigenvalue weighted by atomic mass is 16.5. The van der Waals surface area contributed by atoms with Crippen molar-refractivity contribution >= 4 is 17.8 Å². The fourth-order valence-corrected chi connectivity index (χ4v) is 3.45. The summed E-state index contributed by atoms with van der Waals surface area (Å²) in [6, 6.07) is 12.1. The maximum absolute atomic E-state index is 12.4. The third kappa shape index (κ3) is 5.47. The van der Waals surface area contributed by atoms with Crippen LogP contribution >= 0.6 is 0 Å². The predicted octanol–water partition coefficient (Wildman–Crippen LogP) is 5.09. The van der Waals surface area contributed by atoms with E-state index in [-0.39, 0.29) is 17.7 Å². The molecule has 0 N–H and O–H groups in total. The average Bonchev–Trinajstić information content (AvgIpc) is 2.78. The van der Waals surface area contributed by atoms with Gasteiger partial charge < -0.3 is 14.2 Å². The highest BCUT2D eigenvalue weighted by molar-refractivity contribution is 6.06. The molecule has 2 aromatic rings. The highest BCUT2D eigenvalue weighted by Crippen LogP contribution is 2.28. The van der Waals surface area contributed by atoms with Gasteiger partial charge in [0.15, 0.2) is 17.3 Å². The van der Waals surface area contributed by atoms with E-state index in [4.69, 9.17) is 14.2 Å². The van der Waals surface area contributed by atoms with E-state index in [0.717, 1.165) is 31.2 Å². The van der Waals surface area contributed by atoms with Crippen molar-refractivity contribution in [3.05, 3.63) is 59.7 Å². The van der Waals surface area contributed by atoms with Gasteiger partial charge in [0.2, 0.25) is 0 Å². The molecule has 0 heterocycles. The van der Waals surface area contributed by atoms with Crippen LogP contribution in [0.25, 0.3) is 6.08 Å². The van der Waals surface area contributed by atoms with E-state index < -0.39 is 0 Å². The maximum Gasteiger partial charge on any atom is 0.314 e. The number of ketones is 1. The van der Waals surface area contributed by atoms with Crippen LogP contribution in [0.2, 0.25) is 0 Å². The summed E-state index contributed by atoms with van der Waals surface area (Å²) >= 11 is 0. The second-order valence-electron chi connectivity index (χ2n) is 7.09. The molecule has 0 radical (unpaired) electrons. The van der Waals surface area contributed by atoms with Crippen LogP contribution in [0.3, 0.4) is 0 Å². The van der Waals surface area contributed by atoms with Crippen molar-refractivity contribution in [3.63, 3.8) is 0 Å². The summed E-state index contributed by atoms with van der Waals surface area (Å²) in [7, 11) is 3.14. The standard InChI is InChI=1S/C24H26O5/c1-27-22-15-9-17(16-23(22)28-2)8-14-21(25)18-10-12-20(13-11-18)29-24(26)19-6-4-3-5-7-19/h8-16,19H,3-7H2,1-2H3. The zero-order valence-corrected chi connectivity index (χ0v) is 16.9. The number of methoxy groups -OCH3 is 2. The van der Waals surface area contributed by atoms with Crippen molar-refractivity contribution in [2.45, 2.75) is 32.1 Å². The van der Waals surface area contributed by atoms with Crippen LogP contribution in [-0.4, -0.2) is 26.0 Å². The van der Waals surface area contributed by atoms with Crippen molar-refractivity contribution in [2.24, 2.45) is 5.92 Å². The first kappa shape index (κ1) is 20.6. The van der Waals surface area contributed by atoms with Crippen LogP contribution in [0.15, 0.2) is 48.5 Å². The Balaban J connectivity index is 1.61. The van der Waals surface area contributed by atoms with Gasteiger partial charge in [0.25, 0.3) is 0 Å². The number of hydrogen-bond acceptors (Lipinski definition) is 5. The summed E-state index contributed by atoms with van der Waals surface area (Å²) in [5.74, 6) is 1.40. The van der Waals surface area contributed by atoms with Gasteiger partial charge in [0, 0.05) is 5.56 Å². The van der Waals surface area contributed by atoms with E-state index in [2.05, 4.69) is 0 Å². The van der Waals surface area contributed by atoms with Gasteiger partial charge in [-0.3, -0.25) is 9.59 Å². The first-order valence-electron chi connectivity index (χ1n) is 9.87. The second kappa shape index (κ2) is 9.92. The van der Waals surface area contributed by atoms with Gasteiger partial charge in [-0.2, -0.15) is 0 Å². The Kier molecular flexibility index (Phi) is 7.06. The molecule has 0 atom stereocenters. The molecular formula is C24H26O5. The minimum atomic E-state index is -0.169. The molecule has 5 nitrogen and oxygen atoms in total. The van der Waals surface area contributed by atoms with Crippen molar-refractivity contribution in [1.29, 1.82) is 0 Å². The molecule has 0 amide bonds. The van der Waals surface area contributed by atoms with Crippen LogP contribution in [0.5, 0.6) is 17.2 Å². The van der Waals surface area contributed by atoms with Gasteiger partial charge in [0.05, 0.1) is 20.1 Å². The minimum Gasteiger partial charge on any atom is -0.493 e. The van der Waals surface area contributed by atoms with Crippen molar-refractivity contribution in [3.8, 4) is 17.2 Å². The van der Waals surface area contributed by atoms with E-state index >= 15 is 0 Å². The van der Waals surface area contributed by atoms with Gasteiger partial charge >= 0.3 is 5.97 Å². The molecular weight excluding hydrogens is 368 g/mol. The fraction of sp³-hybridized carbons (Fsp3) is 0.333. The third-order valence-corrected chi connectivity index (χ3v) is 5.13. The number of rotatable bonds is 7. The number of ether oxygens (including phenoxy) is 3. The lowest BCUT2D eigenvalue weighted by atomic mass is 9.89. The Morgan fingerprint density at radius 3 is 2.24 bits per heavy atom. The second-order valence-corrected chi connectivity index (χ2v) is 7.09. The first-order chi connectivity index (χ1) is 14.1. The largest absolute Gasteiger partial charge is 0.493 e. The first-order valence-corrected chi connectivity index (χ1v) is 9.87. The summed E-state index contributed by atoms with van der Waals surface area (Å²) in [6.45, 7) is 0. The number of allylic oxidation sites excluding steroid dienone is 1. The normalized spacial score (nSPS) is 14.6. The molecule has 29 heavy (non-hydrogen) atoms. The molecule has 1 saturated carbocycles. The lowest BCUT2D eigenvalue weighted by Gasteiger charge is -2.19. The summed E-state index contributed by atoms with van der Waals surface area (Å²) in [6.07, 6.45) is 8.38. The van der Waals surface area contributed by atoms with E-state index in [9.17, 15) is 9.59 Å². The number of carbonyl (C=O) groups excluding carboxylic acids is 2. The van der Waals surface area contributed by atoms with E-state index in [1.165, 1.54) is 12.5 Å². The Morgan fingerprint density at radius 2 is 1.59 bits per heavy atom. The SMILES string of the molecule is COc1ccc(C=CC(=O)c2ccc(OC(=O)C3CCCCC3)cc2)cc1OC. The molecule has 0 bridgehead atoms. The Morgan fingerprint density at radius 1 is 0.897 bits per heavy atom. The predicted molar refractivity (Wildman–Crippen MR) is 112 cm³/mol. The van der Waals surface area contributed by atoms with Gasteiger partial charge in [-0.25, -0.2) is 0 Å². The van der Waals surface area contributed by atoms with E-state index in [1.54, 1.807) is 56.7 Å². The molecule has 1 fully saturated rings. The van der Waals surface area contributed by atoms with Crippen LogP contribution in [0, 0.1) is 5.92 Å². The minimum absolute atomic E-state index is 0.00511. The Hall–Kier alpha value is -3.08. The monoisotopic (exact) mass is 394 g/mol. The zero-order valence-electron chi connectivity index (χ0n) is 16.9. The zero-order chi connectivity index (χ0) is 20.6. The Labute approximate surface area is 171 Å². The third-order valence-electron chi connectivity index (χ3n) is 5.13. The summed E-state index contributed by atoms with van der Waals surface area (Å²) in [5.41, 5.74) is 1.35. The van der Waals surface area contributed by atoms with Crippen LogP contribution < -0.4 is 14.2 Å². The topological polar surface area (TPSA) is 61.8 Å². The van der Waals surface area contributed by atoms with Crippen molar-refractivity contribution < 1.29 is 23.8 Å². The molecule has 0 aliphatic heterocycles. The summed E-state index contributed by atoms with van der Waals surface area (Å²) < 4.78 is 16.0. The molecule has 3 rings (SSSR count). The van der Waals surface area contributed by atoms with Gasteiger partial charge in [0.1, 0.15) is 5.75 Å². The summed E-state index contributed by atoms with van der Waals surface area (Å²) in [5, 5.41) is 0. The molecule has 0 spiro atoms. The van der Waals surface area contributed by atoms with Crippen LogP contribution in [0.1, 0.15) is 48.0 Å². The van der Waals surface area contributed by atoms with Gasteiger partial charge in [-0.05, 0) is 60.9 Å². The van der Waals surface area contributed by atoms with Crippen LogP contribution in [-0.2, 0) is 4.79 Å². The van der Waals surface area contributed by atoms with Crippen LogP contribution in [0.4, 0.5) is 0 Å². The quantitative estimate of drug-likeness (QED) is 0.283. The fourth-order valence-electron chi connectivity index (χ4n) is 3.45. The molecule has 152 valence electrons. The molecule has 1 aliphatic rings. The van der Waals surface area contributed by atoms with Crippen molar-refractivity contribution in [2.75, 3.05) is 14.2 Å². The van der Waals surface area contributed by atoms with Gasteiger partial charge in [-0.15, -0.1) is 0 Å². The maximum atomic E-state index is 12.4. The van der Waals surface area contributed by atoms with Crippen molar-refractivity contribution in [1.82, 2.24) is 0 Å². The molecule has 2 aromatic carbocycles. The molecule has 5 heteroatoms. The molecule has 1 aliphatic carbocycles. The number of benzene rings is 2. The smallest absolute Gasteiger partial charge is 0.314 e. The lowest BCUT2D eigenvalue weighted by molar-refractivity contribution is -0.139. The summed E-state index contributed by atoms with van der Waals surface area (Å²) in [4.78, 5) is 24.7. The van der Waals surface area contributed by atoms with E-state index in [1.807, 2.05) is 6.07 Å².